The van der Waals surface area contributed by atoms with Crippen LogP contribution in [0.2, 0.25) is 5.02 Å². The van der Waals surface area contributed by atoms with E-state index in [0.29, 0.717) is 0 Å². The van der Waals surface area contributed by atoms with Crippen molar-refractivity contribution in [2.24, 2.45) is 7.05 Å². The lowest BCUT2D eigenvalue weighted by Gasteiger charge is -2.04. The molecule has 0 aliphatic rings. The van der Waals surface area contributed by atoms with Crippen molar-refractivity contribution in [2.75, 3.05) is 0 Å². The Bertz CT molecular complexity index is 715. The van der Waals surface area contributed by atoms with Crippen LogP contribution in [0.3, 0.4) is 0 Å². The van der Waals surface area contributed by atoms with E-state index >= 15 is 0 Å². The molecule has 0 saturated carbocycles. The highest BCUT2D eigenvalue weighted by atomic mass is 35.7. The molecule has 0 bridgehead atoms. The van der Waals surface area contributed by atoms with Gasteiger partial charge in [-0.3, -0.25) is 4.57 Å². The Morgan fingerprint density at radius 2 is 2.00 bits per heavy atom. The van der Waals surface area contributed by atoms with Crippen LogP contribution >= 0.6 is 22.3 Å². The van der Waals surface area contributed by atoms with E-state index < -0.39 is 20.0 Å². The summed E-state index contributed by atoms with van der Waals surface area (Å²) in [6.07, 6.45) is 0. The molecule has 1 heterocycles. The predicted molar refractivity (Wildman–Crippen MR) is 64.4 cm³/mol. The molecule has 0 saturated heterocycles. The van der Waals surface area contributed by atoms with Gasteiger partial charge in [-0.05, 0) is 12.1 Å². The second-order valence-corrected chi connectivity index (χ2v) is 6.24. The third-order valence-electron chi connectivity index (χ3n) is 2.25. The largest absolute Gasteiger partial charge is 0.300 e. The molecule has 0 fully saturated rings. The number of hydrogen-bond donors (Lipinski definition) is 0. The molecule has 0 N–H and O–H groups in total. The SMILES string of the molecule is Cn1c(-c2cccc(F)c2Cl)nnc1S(=O)(=O)Cl. The van der Waals surface area contributed by atoms with Crippen molar-refractivity contribution >= 4 is 31.3 Å². The minimum atomic E-state index is -4.02. The first kappa shape index (κ1) is 13.3. The van der Waals surface area contributed by atoms with Crippen molar-refractivity contribution in [3.63, 3.8) is 0 Å². The lowest BCUT2D eigenvalue weighted by atomic mass is 10.2. The number of benzene rings is 1. The molecule has 2 rings (SSSR count). The van der Waals surface area contributed by atoms with Gasteiger partial charge in [-0.15, -0.1) is 10.2 Å². The molecule has 96 valence electrons. The van der Waals surface area contributed by atoms with Crippen LogP contribution in [0.15, 0.2) is 23.4 Å². The molecule has 0 unspecified atom stereocenters. The summed E-state index contributed by atoms with van der Waals surface area (Å²) in [7, 11) is 2.55. The monoisotopic (exact) mass is 309 g/mol. The maximum atomic E-state index is 13.3. The van der Waals surface area contributed by atoms with Crippen molar-refractivity contribution in [1.29, 1.82) is 0 Å². The Labute approximate surface area is 112 Å². The van der Waals surface area contributed by atoms with Gasteiger partial charge in [0.05, 0.1) is 5.02 Å². The number of aromatic nitrogens is 3. The number of rotatable bonds is 2. The van der Waals surface area contributed by atoms with Crippen LogP contribution in [-0.4, -0.2) is 23.2 Å². The van der Waals surface area contributed by atoms with Crippen LogP contribution in [0, 0.1) is 5.82 Å². The normalized spacial score (nSPS) is 11.8. The molecule has 0 aliphatic carbocycles. The minimum absolute atomic E-state index is 0.110. The average molecular weight is 310 g/mol. The van der Waals surface area contributed by atoms with Crippen molar-refractivity contribution in [3.8, 4) is 11.4 Å². The molecule has 0 radical (unpaired) electrons. The number of halogens is 3. The highest BCUT2D eigenvalue weighted by Gasteiger charge is 2.22. The summed E-state index contributed by atoms with van der Waals surface area (Å²) < 4.78 is 36.8. The van der Waals surface area contributed by atoms with Gasteiger partial charge in [-0.2, -0.15) is 0 Å². The van der Waals surface area contributed by atoms with Crippen molar-refractivity contribution in [3.05, 3.63) is 29.0 Å². The quantitative estimate of drug-likeness (QED) is 0.798. The molecule has 1 aromatic carbocycles. The van der Waals surface area contributed by atoms with E-state index in [1.54, 1.807) is 0 Å². The van der Waals surface area contributed by atoms with Gasteiger partial charge < -0.3 is 0 Å². The smallest absolute Gasteiger partial charge is 0.296 e. The molecule has 0 aliphatic heterocycles. The fourth-order valence-corrected chi connectivity index (χ4v) is 2.60. The van der Waals surface area contributed by atoms with Gasteiger partial charge >= 0.3 is 0 Å². The van der Waals surface area contributed by atoms with E-state index in [9.17, 15) is 12.8 Å². The van der Waals surface area contributed by atoms with E-state index in [2.05, 4.69) is 10.2 Å². The summed E-state index contributed by atoms with van der Waals surface area (Å²) in [5, 5.41) is 6.51. The van der Waals surface area contributed by atoms with Gasteiger partial charge in [0.1, 0.15) is 5.82 Å². The van der Waals surface area contributed by atoms with E-state index in [1.165, 1.54) is 25.2 Å². The zero-order valence-corrected chi connectivity index (χ0v) is 11.3. The minimum Gasteiger partial charge on any atom is -0.300 e. The first-order chi connectivity index (χ1) is 8.32. The summed E-state index contributed by atoms with van der Waals surface area (Å²) in [6.45, 7) is 0. The highest BCUT2D eigenvalue weighted by molar-refractivity contribution is 8.13. The van der Waals surface area contributed by atoms with Gasteiger partial charge in [0.25, 0.3) is 14.2 Å². The van der Waals surface area contributed by atoms with Crippen molar-refractivity contribution in [1.82, 2.24) is 14.8 Å². The maximum Gasteiger partial charge on any atom is 0.296 e. The molecule has 1 aromatic heterocycles. The standard InChI is InChI=1S/C9H6Cl2FN3O2S/c1-15-8(13-14-9(15)18(11,16)17)5-3-2-4-6(12)7(5)10/h2-4H,1H3. The van der Waals surface area contributed by atoms with E-state index in [4.69, 9.17) is 22.3 Å². The van der Waals surface area contributed by atoms with Gasteiger partial charge in [0, 0.05) is 23.3 Å². The Kier molecular flexibility index (Phi) is 3.31. The molecular formula is C9H6Cl2FN3O2S. The van der Waals surface area contributed by atoms with Crippen LogP contribution in [0.1, 0.15) is 0 Å². The van der Waals surface area contributed by atoms with Crippen LogP contribution in [0.25, 0.3) is 11.4 Å². The first-order valence-electron chi connectivity index (χ1n) is 4.61. The van der Waals surface area contributed by atoms with Gasteiger partial charge in [-0.1, -0.05) is 17.7 Å². The van der Waals surface area contributed by atoms with E-state index in [0.717, 1.165) is 4.57 Å². The molecular weight excluding hydrogens is 304 g/mol. The third kappa shape index (κ3) is 2.21. The fraction of sp³-hybridized carbons (Fsp3) is 0.111. The molecule has 5 nitrogen and oxygen atoms in total. The van der Waals surface area contributed by atoms with Crippen molar-refractivity contribution < 1.29 is 12.8 Å². The lowest BCUT2D eigenvalue weighted by molar-refractivity contribution is 0.593. The van der Waals surface area contributed by atoms with Crippen LogP contribution < -0.4 is 0 Å². The van der Waals surface area contributed by atoms with Crippen molar-refractivity contribution in [2.45, 2.75) is 5.16 Å². The summed E-state index contributed by atoms with van der Waals surface area (Å²) in [5.41, 5.74) is 0.234. The summed E-state index contributed by atoms with van der Waals surface area (Å²) in [6, 6.07) is 4.11. The van der Waals surface area contributed by atoms with Gasteiger partial charge in [-0.25, -0.2) is 12.8 Å². The molecule has 18 heavy (non-hydrogen) atoms. The topological polar surface area (TPSA) is 64.8 Å². The maximum absolute atomic E-state index is 13.3. The van der Waals surface area contributed by atoms with Crippen LogP contribution in [0.5, 0.6) is 0 Å². The lowest BCUT2D eigenvalue weighted by Crippen LogP contribution is -2.03. The van der Waals surface area contributed by atoms with E-state index in [-0.39, 0.29) is 16.4 Å². The van der Waals surface area contributed by atoms with Crippen LogP contribution in [-0.2, 0) is 16.1 Å². The average Bonchev–Trinajstić information content (AvgIpc) is 2.64. The predicted octanol–water partition coefficient (Wildman–Crippen LogP) is 2.20. The summed E-state index contributed by atoms with van der Waals surface area (Å²) in [5.74, 6) is -0.522. The molecule has 0 atom stereocenters. The summed E-state index contributed by atoms with van der Waals surface area (Å²) in [4.78, 5) is 0. The van der Waals surface area contributed by atoms with Gasteiger partial charge in [0.2, 0.25) is 0 Å². The number of hydrogen-bond acceptors (Lipinski definition) is 4. The molecule has 9 heteroatoms. The summed E-state index contributed by atoms with van der Waals surface area (Å²) >= 11 is 5.78. The van der Waals surface area contributed by atoms with Gasteiger partial charge in [0.15, 0.2) is 5.82 Å². The van der Waals surface area contributed by atoms with E-state index in [1.807, 2.05) is 0 Å². The third-order valence-corrected chi connectivity index (χ3v) is 3.84. The Morgan fingerprint density at radius 3 is 2.56 bits per heavy atom. The zero-order chi connectivity index (χ0) is 13.5. The zero-order valence-electron chi connectivity index (χ0n) is 8.93. The second-order valence-electron chi connectivity index (χ2n) is 3.40. The molecule has 2 aromatic rings. The Hall–Kier alpha value is -1.18. The number of nitrogens with zero attached hydrogens (tertiary/aromatic N) is 3. The fourth-order valence-electron chi connectivity index (χ4n) is 1.44. The highest BCUT2D eigenvalue weighted by Crippen LogP contribution is 2.29. The Balaban J connectivity index is 2.67. The van der Waals surface area contributed by atoms with Crippen LogP contribution in [0.4, 0.5) is 4.39 Å². The second kappa shape index (κ2) is 4.49. The molecule has 0 spiro atoms. The Morgan fingerprint density at radius 1 is 1.33 bits per heavy atom. The molecule has 0 amide bonds. The first-order valence-corrected chi connectivity index (χ1v) is 7.29.